The number of piperazine rings is 1. The second-order valence-electron chi connectivity index (χ2n) is 6.60. The highest BCUT2D eigenvalue weighted by Crippen LogP contribution is 2.37. The number of nitrogens with zero attached hydrogens (tertiary/aromatic N) is 2. The van der Waals surface area contributed by atoms with E-state index in [-0.39, 0.29) is 18.5 Å². The first-order chi connectivity index (χ1) is 11.3. The topological polar surface area (TPSA) is 37.5 Å². The molecular weight excluding hydrogens is 292 g/mol. The van der Waals surface area contributed by atoms with Gasteiger partial charge in [0.15, 0.2) is 6.29 Å². The molecule has 0 spiro atoms. The molecule has 0 aromatic heterocycles. The van der Waals surface area contributed by atoms with Gasteiger partial charge in [-0.15, -0.1) is 0 Å². The SMILES string of the molecule is CCN1CCN([C@H]2CO[C@H](OCc3ccccc3)[C@@H]3O[C@@H]32)CC1. The largest absolute Gasteiger partial charge is 0.362 e. The van der Waals surface area contributed by atoms with Crippen LogP contribution in [0.2, 0.25) is 0 Å². The average molecular weight is 318 g/mol. The van der Waals surface area contributed by atoms with E-state index in [9.17, 15) is 0 Å². The lowest BCUT2D eigenvalue weighted by Crippen LogP contribution is -2.55. The van der Waals surface area contributed by atoms with E-state index >= 15 is 0 Å². The number of fused-ring (bicyclic) bond motifs is 1. The molecule has 0 amide bonds. The summed E-state index contributed by atoms with van der Waals surface area (Å²) in [5.74, 6) is 0. The first-order valence-corrected chi connectivity index (χ1v) is 8.74. The van der Waals surface area contributed by atoms with Gasteiger partial charge in [0, 0.05) is 26.2 Å². The van der Waals surface area contributed by atoms with E-state index < -0.39 is 0 Å². The zero-order valence-electron chi connectivity index (χ0n) is 13.8. The molecule has 5 nitrogen and oxygen atoms in total. The minimum Gasteiger partial charge on any atom is -0.362 e. The van der Waals surface area contributed by atoms with Crippen LogP contribution in [0.4, 0.5) is 0 Å². The Kier molecular flexibility index (Phi) is 4.64. The molecule has 5 heteroatoms. The van der Waals surface area contributed by atoms with E-state index in [4.69, 9.17) is 14.2 Å². The lowest BCUT2D eigenvalue weighted by atomic mass is 10.1. The summed E-state index contributed by atoms with van der Waals surface area (Å²) in [5, 5.41) is 0. The predicted octanol–water partition coefficient (Wildman–Crippen LogP) is 1.33. The minimum absolute atomic E-state index is 0.113. The van der Waals surface area contributed by atoms with Crippen molar-refractivity contribution in [2.45, 2.75) is 38.1 Å². The Morgan fingerprint density at radius 2 is 1.87 bits per heavy atom. The van der Waals surface area contributed by atoms with Crippen molar-refractivity contribution >= 4 is 0 Å². The Bertz CT molecular complexity index is 504. The number of ether oxygens (including phenoxy) is 3. The van der Waals surface area contributed by atoms with Crippen LogP contribution in [0, 0.1) is 0 Å². The highest BCUT2D eigenvalue weighted by atomic mass is 16.7. The second kappa shape index (κ2) is 6.87. The molecule has 4 rings (SSSR count). The van der Waals surface area contributed by atoms with Crippen LogP contribution in [0.1, 0.15) is 12.5 Å². The number of hydrogen-bond donors (Lipinski definition) is 0. The maximum absolute atomic E-state index is 5.97. The second-order valence-corrected chi connectivity index (χ2v) is 6.60. The van der Waals surface area contributed by atoms with Gasteiger partial charge in [0.1, 0.15) is 12.2 Å². The zero-order valence-corrected chi connectivity index (χ0v) is 13.8. The van der Waals surface area contributed by atoms with Crippen LogP contribution in [0.5, 0.6) is 0 Å². The molecule has 0 unspecified atom stereocenters. The highest BCUT2D eigenvalue weighted by molar-refractivity contribution is 5.13. The van der Waals surface area contributed by atoms with Crippen molar-refractivity contribution in [2.24, 2.45) is 0 Å². The summed E-state index contributed by atoms with van der Waals surface area (Å²) in [4.78, 5) is 5.03. The quantitative estimate of drug-likeness (QED) is 0.766. The minimum atomic E-state index is -0.214. The maximum Gasteiger partial charge on any atom is 0.186 e. The fourth-order valence-corrected chi connectivity index (χ4v) is 3.67. The molecule has 3 aliphatic heterocycles. The zero-order chi connectivity index (χ0) is 15.6. The fourth-order valence-electron chi connectivity index (χ4n) is 3.67. The van der Waals surface area contributed by atoms with Gasteiger partial charge in [0.2, 0.25) is 0 Å². The van der Waals surface area contributed by atoms with Crippen LogP contribution in [-0.2, 0) is 20.8 Å². The monoisotopic (exact) mass is 318 g/mol. The lowest BCUT2D eigenvalue weighted by molar-refractivity contribution is -0.177. The van der Waals surface area contributed by atoms with E-state index in [0.717, 1.165) is 32.7 Å². The summed E-state index contributed by atoms with van der Waals surface area (Å²) in [6, 6.07) is 10.6. The van der Waals surface area contributed by atoms with Gasteiger partial charge in [-0.25, -0.2) is 0 Å². The molecule has 3 heterocycles. The summed E-state index contributed by atoms with van der Waals surface area (Å²) in [5.41, 5.74) is 1.17. The molecule has 23 heavy (non-hydrogen) atoms. The molecule has 0 radical (unpaired) electrons. The number of hydrogen-bond acceptors (Lipinski definition) is 5. The van der Waals surface area contributed by atoms with Gasteiger partial charge in [0.05, 0.1) is 19.3 Å². The van der Waals surface area contributed by atoms with E-state index in [1.54, 1.807) is 0 Å². The highest BCUT2D eigenvalue weighted by Gasteiger charge is 2.56. The Morgan fingerprint density at radius 3 is 2.61 bits per heavy atom. The molecule has 0 aliphatic carbocycles. The molecule has 4 atom stereocenters. The number of benzene rings is 1. The van der Waals surface area contributed by atoms with E-state index in [1.165, 1.54) is 5.56 Å². The molecule has 0 saturated carbocycles. The van der Waals surface area contributed by atoms with Gasteiger partial charge in [-0.3, -0.25) is 4.90 Å². The van der Waals surface area contributed by atoms with Crippen LogP contribution < -0.4 is 0 Å². The van der Waals surface area contributed by atoms with E-state index in [0.29, 0.717) is 19.3 Å². The molecule has 3 saturated heterocycles. The molecule has 3 aliphatic rings. The molecule has 1 aromatic rings. The summed E-state index contributed by atoms with van der Waals surface area (Å²) in [7, 11) is 0. The predicted molar refractivity (Wildman–Crippen MR) is 87.1 cm³/mol. The maximum atomic E-state index is 5.97. The van der Waals surface area contributed by atoms with Gasteiger partial charge in [-0.05, 0) is 12.1 Å². The lowest BCUT2D eigenvalue weighted by Gasteiger charge is -2.40. The van der Waals surface area contributed by atoms with Crippen molar-refractivity contribution in [3.05, 3.63) is 35.9 Å². The van der Waals surface area contributed by atoms with Gasteiger partial charge in [-0.2, -0.15) is 0 Å². The van der Waals surface area contributed by atoms with Crippen LogP contribution >= 0.6 is 0 Å². The van der Waals surface area contributed by atoms with Crippen LogP contribution in [0.15, 0.2) is 30.3 Å². The molecule has 126 valence electrons. The molecule has 0 bridgehead atoms. The summed E-state index contributed by atoms with van der Waals surface area (Å²) in [6.07, 6.45) is 0.188. The summed E-state index contributed by atoms with van der Waals surface area (Å²) >= 11 is 0. The van der Waals surface area contributed by atoms with Crippen LogP contribution in [0.3, 0.4) is 0 Å². The summed E-state index contributed by atoms with van der Waals surface area (Å²) < 4.78 is 17.8. The van der Waals surface area contributed by atoms with Crippen molar-refractivity contribution in [1.82, 2.24) is 9.80 Å². The first kappa shape index (κ1) is 15.5. The van der Waals surface area contributed by atoms with Crippen LogP contribution in [0.25, 0.3) is 0 Å². The number of epoxide rings is 1. The van der Waals surface area contributed by atoms with Crippen molar-refractivity contribution < 1.29 is 14.2 Å². The standard InChI is InChI=1S/C18H26N2O3/c1-2-19-8-10-20(11-9-19)15-13-22-18(17-16(15)23-17)21-12-14-6-4-3-5-7-14/h3-7,15-18H,2,8-13H2,1H3/t15-,16+,17+,18-/m0/s1. The van der Waals surface area contributed by atoms with Crippen molar-refractivity contribution in [1.29, 1.82) is 0 Å². The number of likely N-dealkylation sites (N-methyl/N-ethyl adjacent to an activating group) is 1. The van der Waals surface area contributed by atoms with E-state index in [1.807, 2.05) is 18.2 Å². The van der Waals surface area contributed by atoms with Crippen LogP contribution in [-0.4, -0.2) is 73.7 Å². The van der Waals surface area contributed by atoms with Crippen molar-refractivity contribution in [3.8, 4) is 0 Å². The fraction of sp³-hybridized carbons (Fsp3) is 0.667. The Labute approximate surface area is 138 Å². The molecule has 3 fully saturated rings. The average Bonchev–Trinajstić information content (AvgIpc) is 3.41. The summed E-state index contributed by atoms with van der Waals surface area (Å²) in [6.45, 7) is 9.20. The smallest absolute Gasteiger partial charge is 0.186 e. The van der Waals surface area contributed by atoms with Gasteiger partial charge < -0.3 is 19.1 Å². The Morgan fingerprint density at radius 1 is 1.09 bits per heavy atom. The van der Waals surface area contributed by atoms with Crippen molar-refractivity contribution in [3.63, 3.8) is 0 Å². The Hall–Kier alpha value is -0.980. The van der Waals surface area contributed by atoms with Gasteiger partial charge in [-0.1, -0.05) is 37.3 Å². The third kappa shape index (κ3) is 3.44. The molecule has 1 aromatic carbocycles. The van der Waals surface area contributed by atoms with Gasteiger partial charge >= 0.3 is 0 Å². The first-order valence-electron chi connectivity index (χ1n) is 8.74. The molecular formula is C18H26N2O3. The third-order valence-corrected chi connectivity index (χ3v) is 5.22. The van der Waals surface area contributed by atoms with Crippen molar-refractivity contribution in [2.75, 3.05) is 39.3 Å². The Balaban J connectivity index is 1.26. The third-order valence-electron chi connectivity index (χ3n) is 5.22. The molecule has 0 N–H and O–H groups in total. The number of rotatable bonds is 5. The normalized spacial score (nSPS) is 35.0. The van der Waals surface area contributed by atoms with Gasteiger partial charge in [0.25, 0.3) is 0 Å². The van der Waals surface area contributed by atoms with E-state index in [2.05, 4.69) is 28.9 Å².